The standard InChI is InChI=1S/C16H22O4/c1-12(2)15(17)13(3)9-10-19-16(18)20-11-14-7-5-4-6-8-14/h4-10,12-13,15,17H,11H2,1-3H3/b10-9+/t13-,15+/m0/s1. The van der Waals surface area contributed by atoms with Crippen LogP contribution in [0.1, 0.15) is 26.3 Å². The Morgan fingerprint density at radius 3 is 2.50 bits per heavy atom. The van der Waals surface area contributed by atoms with E-state index in [2.05, 4.69) is 0 Å². The lowest BCUT2D eigenvalue weighted by molar-refractivity contribution is 0.0746. The number of aliphatic hydroxyl groups excluding tert-OH is 1. The lowest BCUT2D eigenvalue weighted by atomic mass is 9.95. The van der Waals surface area contributed by atoms with Crippen molar-refractivity contribution in [3.05, 3.63) is 48.2 Å². The van der Waals surface area contributed by atoms with Gasteiger partial charge in [-0.3, -0.25) is 0 Å². The van der Waals surface area contributed by atoms with Gasteiger partial charge in [0.05, 0.1) is 12.4 Å². The molecule has 0 saturated carbocycles. The molecule has 1 rings (SSSR count). The monoisotopic (exact) mass is 278 g/mol. The third-order valence-corrected chi connectivity index (χ3v) is 2.97. The molecule has 1 aromatic rings. The van der Waals surface area contributed by atoms with Crippen molar-refractivity contribution in [2.75, 3.05) is 0 Å². The number of ether oxygens (including phenoxy) is 2. The lowest BCUT2D eigenvalue weighted by Gasteiger charge is -2.18. The van der Waals surface area contributed by atoms with Crippen molar-refractivity contribution in [1.82, 2.24) is 0 Å². The van der Waals surface area contributed by atoms with E-state index in [4.69, 9.17) is 9.47 Å². The fraction of sp³-hybridized carbons (Fsp3) is 0.438. The summed E-state index contributed by atoms with van der Waals surface area (Å²) in [6.07, 6.45) is 1.70. The number of benzene rings is 1. The highest BCUT2D eigenvalue weighted by molar-refractivity contribution is 5.60. The Morgan fingerprint density at radius 1 is 1.25 bits per heavy atom. The van der Waals surface area contributed by atoms with Crippen molar-refractivity contribution in [2.45, 2.75) is 33.5 Å². The van der Waals surface area contributed by atoms with Gasteiger partial charge in [0.1, 0.15) is 6.61 Å². The smallest absolute Gasteiger partial charge is 0.429 e. The molecule has 110 valence electrons. The average molecular weight is 278 g/mol. The summed E-state index contributed by atoms with van der Waals surface area (Å²) in [5, 5.41) is 9.79. The van der Waals surface area contributed by atoms with Gasteiger partial charge in [0.15, 0.2) is 0 Å². The molecule has 20 heavy (non-hydrogen) atoms. The Hall–Kier alpha value is -1.81. The zero-order chi connectivity index (χ0) is 15.0. The van der Waals surface area contributed by atoms with E-state index in [-0.39, 0.29) is 18.4 Å². The Bertz CT molecular complexity index is 425. The molecular formula is C16H22O4. The van der Waals surface area contributed by atoms with Crippen molar-refractivity contribution < 1.29 is 19.4 Å². The van der Waals surface area contributed by atoms with E-state index >= 15 is 0 Å². The van der Waals surface area contributed by atoms with Crippen LogP contribution in [0.25, 0.3) is 0 Å². The molecular weight excluding hydrogens is 256 g/mol. The van der Waals surface area contributed by atoms with Gasteiger partial charge < -0.3 is 14.6 Å². The van der Waals surface area contributed by atoms with Crippen LogP contribution in [-0.4, -0.2) is 17.4 Å². The van der Waals surface area contributed by atoms with Gasteiger partial charge in [-0.15, -0.1) is 0 Å². The maximum absolute atomic E-state index is 11.3. The van der Waals surface area contributed by atoms with Gasteiger partial charge in [-0.05, 0) is 17.6 Å². The molecule has 4 nitrogen and oxygen atoms in total. The van der Waals surface area contributed by atoms with Crippen molar-refractivity contribution in [2.24, 2.45) is 11.8 Å². The lowest BCUT2D eigenvalue weighted by Crippen LogP contribution is -2.22. The topological polar surface area (TPSA) is 55.8 Å². The average Bonchev–Trinajstić information content (AvgIpc) is 2.45. The number of hydrogen-bond donors (Lipinski definition) is 1. The summed E-state index contributed by atoms with van der Waals surface area (Å²) in [6, 6.07) is 9.37. The fourth-order valence-electron chi connectivity index (χ4n) is 1.69. The van der Waals surface area contributed by atoms with Crippen molar-refractivity contribution in [1.29, 1.82) is 0 Å². The number of hydrogen-bond acceptors (Lipinski definition) is 4. The molecule has 0 aromatic heterocycles. The quantitative estimate of drug-likeness (QED) is 0.639. The van der Waals surface area contributed by atoms with Crippen LogP contribution < -0.4 is 0 Å². The van der Waals surface area contributed by atoms with Gasteiger partial charge in [-0.2, -0.15) is 0 Å². The van der Waals surface area contributed by atoms with E-state index in [1.807, 2.05) is 51.1 Å². The van der Waals surface area contributed by atoms with Crippen LogP contribution in [-0.2, 0) is 16.1 Å². The van der Waals surface area contributed by atoms with Crippen LogP contribution in [0.5, 0.6) is 0 Å². The largest absolute Gasteiger partial charge is 0.513 e. The van der Waals surface area contributed by atoms with E-state index in [9.17, 15) is 9.90 Å². The molecule has 1 aromatic carbocycles. The molecule has 0 aliphatic rings. The Morgan fingerprint density at radius 2 is 1.90 bits per heavy atom. The zero-order valence-electron chi connectivity index (χ0n) is 12.2. The van der Waals surface area contributed by atoms with Crippen LogP contribution in [0.4, 0.5) is 4.79 Å². The first-order chi connectivity index (χ1) is 9.50. The van der Waals surface area contributed by atoms with Gasteiger partial charge in [-0.1, -0.05) is 51.1 Å². The predicted molar refractivity (Wildman–Crippen MR) is 76.9 cm³/mol. The number of aliphatic hydroxyl groups is 1. The first kappa shape index (κ1) is 16.2. The molecule has 0 aliphatic carbocycles. The van der Waals surface area contributed by atoms with Crippen LogP contribution >= 0.6 is 0 Å². The molecule has 0 amide bonds. The highest BCUT2D eigenvalue weighted by atomic mass is 16.7. The zero-order valence-corrected chi connectivity index (χ0v) is 12.2. The minimum absolute atomic E-state index is 0.0862. The minimum Gasteiger partial charge on any atom is -0.429 e. The summed E-state index contributed by atoms with van der Waals surface area (Å²) in [6.45, 7) is 5.91. The highest BCUT2D eigenvalue weighted by Crippen LogP contribution is 2.13. The Kier molecular flexibility index (Phi) is 6.81. The van der Waals surface area contributed by atoms with Gasteiger partial charge in [0.2, 0.25) is 0 Å². The fourth-order valence-corrected chi connectivity index (χ4v) is 1.69. The normalized spacial score (nSPS) is 14.2. The van der Waals surface area contributed by atoms with E-state index in [1.54, 1.807) is 6.08 Å². The van der Waals surface area contributed by atoms with Gasteiger partial charge >= 0.3 is 6.16 Å². The van der Waals surface area contributed by atoms with Crippen LogP contribution in [0.2, 0.25) is 0 Å². The van der Waals surface area contributed by atoms with Gasteiger partial charge in [0.25, 0.3) is 0 Å². The predicted octanol–water partition coefficient (Wildman–Crippen LogP) is 3.51. The summed E-state index contributed by atoms with van der Waals surface area (Å²) in [7, 11) is 0. The molecule has 0 bridgehead atoms. The van der Waals surface area contributed by atoms with E-state index < -0.39 is 12.3 Å². The molecule has 4 heteroatoms. The van der Waals surface area contributed by atoms with E-state index in [0.29, 0.717) is 0 Å². The third kappa shape index (κ3) is 5.89. The molecule has 0 unspecified atom stereocenters. The van der Waals surface area contributed by atoms with E-state index in [0.717, 1.165) is 5.56 Å². The summed E-state index contributed by atoms with van der Waals surface area (Å²) in [5.41, 5.74) is 0.900. The second kappa shape index (κ2) is 8.38. The van der Waals surface area contributed by atoms with Gasteiger partial charge in [-0.25, -0.2) is 4.79 Å². The molecule has 0 spiro atoms. The summed E-state index contributed by atoms with van der Waals surface area (Å²) in [5.74, 6) is 0.0663. The van der Waals surface area contributed by atoms with Gasteiger partial charge in [0, 0.05) is 5.92 Å². The molecule has 0 radical (unpaired) electrons. The van der Waals surface area contributed by atoms with Crippen molar-refractivity contribution in [3.63, 3.8) is 0 Å². The molecule has 0 heterocycles. The van der Waals surface area contributed by atoms with Crippen molar-refractivity contribution in [3.8, 4) is 0 Å². The molecule has 0 saturated heterocycles. The maximum Gasteiger partial charge on any atom is 0.513 e. The molecule has 1 N–H and O–H groups in total. The van der Waals surface area contributed by atoms with Crippen molar-refractivity contribution >= 4 is 6.16 Å². The second-order valence-electron chi connectivity index (χ2n) is 5.06. The summed E-state index contributed by atoms with van der Waals surface area (Å²) < 4.78 is 9.75. The SMILES string of the molecule is CC(C)[C@@H](O)[C@@H](C)/C=C/OC(=O)OCc1ccccc1. The molecule has 0 aliphatic heterocycles. The first-order valence-corrected chi connectivity index (χ1v) is 6.72. The number of carbonyl (C=O) groups is 1. The first-order valence-electron chi connectivity index (χ1n) is 6.72. The minimum atomic E-state index is -0.753. The van der Waals surface area contributed by atoms with E-state index in [1.165, 1.54) is 6.26 Å². The summed E-state index contributed by atoms with van der Waals surface area (Å²) >= 11 is 0. The van der Waals surface area contributed by atoms with Crippen LogP contribution in [0, 0.1) is 11.8 Å². The van der Waals surface area contributed by atoms with Crippen LogP contribution in [0.3, 0.4) is 0 Å². The second-order valence-corrected chi connectivity index (χ2v) is 5.06. The Balaban J connectivity index is 2.29. The third-order valence-electron chi connectivity index (χ3n) is 2.97. The molecule has 2 atom stereocenters. The summed E-state index contributed by atoms with van der Waals surface area (Å²) in [4.78, 5) is 11.3. The maximum atomic E-state index is 11.3. The highest BCUT2D eigenvalue weighted by Gasteiger charge is 2.15. The number of carbonyl (C=O) groups excluding carboxylic acids is 1. The number of rotatable bonds is 6. The molecule has 0 fully saturated rings. The van der Waals surface area contributed by atoms with Crippen LogP contribution in [0.15, 0.2) is 42.7 Å². The Labute approximate surface area is 120 Å².